The van der Waals surface area contributed by atoms with Gasteiger partial charge in [0, 0.05) is 25.8 Å². The summed E-state index contributed by atoms with van der Waals surface area (Å²) in [6, 6.07) is 40.2. The molecule has 0 heterocycles. The van der Waals surface area contributed by atoms with Crippen LogP contribution in [0.2, 0.25) is 0 Å². The molecule has 5 aromatic rings. The van der Waals surface area contributed by atoms with E-state index in [-0.39, 0.29) is 17.5 Å². The predicted molar refractivity (Wildman–Crippen MR) is 187 cm³/mol. The zero-order chi connectivity index (χ0) is 33.1. The average Bonchev–Trinajstić information content (AvgIpc) is 3.11. The Kier molecular flexibility index (Phi) is 14.3. The molecule has 0 aromatic heterocycles. The molecule has 0 radical (unpaired) electrons. The monoisotopic (exact) mass is 720 g/mol. The van der Waals surface area contributed by atoms with Gasteiger partial charge in [-0.3, -0.25) is 0 Å². The number of carboxylic acids is 1. The standard InChI is InChI=1S/C16H12O2.C15H10O2.C8H7IO2/c1-18-16(17)15-11-9-14(10-12-15)8-7-13-5-3-2-4-6-13;16-15(17)14-10-8-13(9-11-14)7-6-12-4-2-1-3-5-12;1-11-8(10)6-2-4-7(9)5-3-6/h2-6,9-12H,1H3;1-5,8-11H,(H,16,17);2-5H,1H3. The lowest BCUT2D eigenvalue weighted by Gasteiger charge is -1.98. The zero-order valence-electron chi connectivity index (χ0n) is 25.1. The molecule has 6 nitrogen and oxygen atoms in total. The maximum Gasteiger partial charge on any atom is 0.337 e. The zero-order valence-corrected chi connectivity index (χ0v) is 27.2. The Morgan fingerprint density at radius 2 is 0.783 bits per heavy atom. The molecule has 0 spiro atoms. The smallest absolute Gasteiger partial charge is 0.337 e. The van der Waals surface area contributed by atoms with Crippen molar-refractivity contribution >= 4 is 40.5 Å². The molecular formula is C39H29IO6. The maximum atomic E-state index is 11.2. The van der Waals surface area contributed by atoms with Crippen molar-refractivity contribution in [3.8, 4) is 23.7 Å². The summed E-state index contributed by atoms with van der Waals surface area (Å²) in [5.74, 6) is 10.5. The van der Waals surface area contributed by atoms with Crippen molar-refractivity contribution in [2.75, 3.05) is 14.2 Å². The van der Waals surface area contributed by atoms with E-state index in [0.29, 0.717) is 11.1 Å². The number of halogens is 1. The number of methoxy groups -OCH3 is 2. The Morgan fingerprint density at radius 3 is 1.11 bits per heavy atom. The topological polar surface area (TPSA) is 89.9 Å². The fourth-order valence-corrected chi connectivity index (χ4v) is 3.90. The van der Waals surface area contributed by atoms with Crippen molar-refractivity contribution in [1.29, 1.82) is 0 Å². The van der Waals surface area contributed by atoms with E-state index in [4.69, 9.17) is 5.11 Å². The minimum Gasteiger partial charge on any atom is -0.478 e. The summed E-state index contributed by atoms with van der Waals surface area (Å²) in [4.78, 5) is 32.8. The molecule has 5 rings (SSSR count). The van der Waals surface area contributed by atoms with Crippen molar-refractivity contribution in [2.24, 2.45) is 0 Å². The van der Waals surface area contributed by atoms with Gasteiger partial charge in [-0.1, -0.05) is 60.1 Å². The van der Waals surface area contributed by atoms with Gasteiger partial charge < -0.3 is 14.6 Å². The van der Waals surface area contributed by atoms with Crippen molar-refractivity contribution in [2.45, 2.75) is 0 Å². The van der Waals surface area contributed by atoms with E-state index in [2.05, 4.69) is 55.7 Å². The van der Waals surface area contributed by atoms with Crippen molar-refractivity contribution in [3.63, 3.8) is 0 Å². The second-order valence-electron chi connectivity index (χ2n) is 9.18. The molecule has 0 aliphatic carbocycles. The van der Waals surface area contributed by atoms with Gasteiger partial charge in [0.15, 0.2) is 0 Å². The Balaban J connectivity index is 0.000000194. The molecule has 0 unspecified atom stereocenters. The summed E-state index contributed by atoms with van der Waals surface area (Å²) >= 11 is 2.18. The van der Waals surface area contributed by atoms with Crippen LogP contribution in [-0.4, -0.2) is 37.2 Å². The van der Waals surface area contributed by atoms with Crippen LogP contribution >= 0.6 is 22.6 Å². The van der Waals surface area contributed by atoms with E-state index < -0.39 is 5.97 Å². The predicted octanol–water partition coefficient (Wildman–Crippen LogP) is 7.74. The number of rotatable bonds is 3. The highest BCUT2D eigenvalue weighted by Crippen LogP contribution is 2.08. The summed E-state index contributed by atoms with van der Waals surface area (Å²) in [7, 11) is 2.74. The van der Waals surface area contributed by atoms with E-state index in [1.54, 1.807) is 48.5 Å². The van der Waals surface area contributed by atoms with Gasteiger partial charge in [-0.15, -0.1) is 0 Å². The van der Waals surface area contributed by atoms with Gasteiger partial charge in [-0.25, -0.2) is 14.4 Å². The second-order valence-corrected chi connectivity index (χ2v) is 10.4. The fourth-order valence-electron chi connectivity index (χ4n) is 3.54. The first-order valence-electron chi connectivity index (χ1n) is 13.8. The molecule has 0 bridgehead atoms. The van der Waals surface area contributed by atoms with Crippen molar-refractivity contribution < 1.29 is 29.0 Å². The maximum absolute atomic E-state index is 11.2. The quantitative estimate of drug-likeness (QED) is 0.117. The molecule has 0 aliphatic rings. The van der Waals surface area contributed by atoms with Crippen LogP contribution in [0.3, 0.4) is 0 Å². The fraction of sp³-hybridized carbons (Fsp3) is 0.0513. The first-order valence-corrected chi connectivity index (χ1v) is 14.9. The van der Waals surface area contributed by atoms with Crippen molar-refractivity contribution in [1.82, 2.24) is 0 Å². The number of aromatic carboxylic acids is 1. The largest absolute Gasteiger partial charge is 0.478 e. The van der Waals surface area contributed by atoms with Crippen molar-refractivity contribution in [3.05, 3.63) is 176 Å². The Bertz CT molecular complexity index is 1840. The van der Waals surface area contributed by atoms with Crippen LogP contribution in [0.1, 0.15) is 53.3 Å². The second kappa shape index (κ2) is 18.9. The summed E-state index contributed by atoms with van der Waals surface area (Å²) in [5.41, 5.74) is 4.97. The minimum atomic E-state index is -0.924. The normalized spacial score (nSPS) is 9.20. The number of carboxylic acid groups (broad SMARTS) is 1. The van der Waals surface area contributed by atoms with Gasteiger partial charge in [-0.05, 0) is 120 Å². The van der Waals surface area contributed by atoms with E-state index in [9.17, 15) is 14.4 Å². The van der Waals surface area contributed by atoms with Gasteiger partial charge in [0.05, 0.1) is 30.9 Å². The van der Waals surface area contributed by atoms with E-state index >= 15 is 0 Å². The summed E-state index contributed by atoms with van der Waals surface area (Å²) in [6.07, 6.45) is 0. The Hall–Kier alpha value is -5.64. The molecule has 0 amide bonds. The lowest BCUT2D eigenvalue weighted by Crippen LogP contribution is -2.00. The van der Waals surface area contributed by atoms with Gasteiger partial charge in [0.25, 0.3) is 0 Å². The lowest BCUT2D eigenvalue weighted by atomic mass is 10.1. The summed E-state index contributed by atoms with van der Waals surface area (Å²) < 4.78 is 10.3. The van der Waals surface area contributed by atoms with Gasteiger partial charge in [0.2, 0.25) is 0 Å². The number of hydrogen-bond donors (Lipinski definition) is 1. The molecule has 0 fully saturated rings. The Morgan fingerprint density at radius 1 is 0.478 bits per heavy atom. The number of carbonyl (C=O) groups excluding carboxylic acids is 2. The number of ether oxygens (including phenoxy) is 2. The molecule has 7 heteroatoms. The third-order valence-electron chi connectivity index (χ3n) is 5.95. The molecule has 0 aliphatic heterocycles. The molecule has 0 atom stereocenters. The van der Waals surface area contributed by atoms with Crippen LogP contribution in [0, 0.1) is 27.3 Å². The van der Waals surface area contributed by atoms with Crippen LogP contribution in [0.25, 0.3) is 0 Å². The Labute approximate surface area is 282 Å². The highest BCUT2D eigenvalue weighted by atomic mass is 127. The lowest BCUT2D eigenvalue weighted by molar-refractivity contribution is 0.0592. The molecule has 5 aromatic carbocycles. The average molecular weight is 721 g/mol. The number of benzene rings is 5. The summed E-state index contributed by atoms with van der Waals surface area (Å²) in [5, 5.41) is 8.75. The number of hydrogen-bond acceptors (Lipinski definition) is 5. The van der Waals surface area contributed by atoms with Crippen LogP contribution in [-0.2, 0) is 9.47 Å². The first-order chi connectivity index (χ1) is 22.3. The van der Waals surface area contributed by atoms with E-state index in [1.165, 1.54) is 14.2 Å². The highest BCUT2D eigenvalue weighted by molar-refractivity contribution is 14.1. The molecule has 0 saturated heterocycles. The number of carbonyl (C=O) groups is 3. The van der Waals surface area contributed by atoms with Gasteiger partial charge >= 0.3 is 17.9 Å². The van der Waals surface area contributed by atoms with Crippen LogP contribution in [0.4, 0.5) is 0 Å². The van der Waals surface area contributed by atoms with Crippen LogP contribution < -0.4 is 0 Å². The van der Waals surface area contributed by atoms with E-state index in [0.717, 1.165) is 25.8 Å². The highest BCUT2D eigenvalue weighted by Gasteiger charge is 2.04. The van der Waals surface area contributed by atoms with Crippen LogP contribution in [0.15, 0.2) is 133 Å². The third kappa shape index (κ3) is 12.2. The molecule has 0 saturated carbocycles. The first kappa shape index (κ1) is 34.8. The van der Waals surface area contributed by atoms with Gasteiger partial charge in [0.1, 0.15) is 0 Å². The number of esters is 2. The van der Waals surface area contributed by atoms with E-state index in [1.807, 2.05) is 84.9 Å². The third-order valence-corrected chi connectivity index (χ3v) is 6.67. The van der Waals surface area contributed by atoms with Gasteiger partial charge in [-0.2, -0.15) is 0 Å². The molecular weight excluding hydrogens is 691 g/mol. The summed E-state index contributed by atoms with van der Waals surface area (Å²) in [6.45, 7) is 0. The minimum absolute atomic E-state index is 0.273. The molecule has 228 valence electrons. The SMILES string of the molecule is COC(=O)c1ccc(C#Cc2ccccc2)cc1.COC(=O)c1ccc(I)cc1.O=C(O)c1ccc(C#Cc2ccccc2)cc1. The molecule has 46 heavy (non-hydrogen) atoms. The molecule has 1 N–H and O–H groups in total. The van der Waals surface area contributed by atoms with Crippen LogP contribution in [0.5, 0.6) is 0 Å².